The van der Waals surface area contributed by atoms with Crippen molar-refractivity contribution in [1.82, 2.24) is 9.62 Å². The van der Waals surface area contributed by atoms with E-state index in [1.165, 1.54) is 36.4 Å². The van der Waals surface area contributed by atoms with Gasteiger partial charge in [-0.15, -0.1) is 0 Å². The van der Waals surface area contributed by atoms with Crippen molar-refractivity contribution in [1.29, 1.82) is 0 Å². The number of nitrogens with zero attached hydrogens (tertiary/aromatic N) is 1. The number of likely N-dealkylation sites (N-methyl/N-ethyl adjacent to an activating group) is 1. The monoisotopic (exact) mass is 482 g/mol. The number of carbonyl (C=O) groups excluding carboxylic acids is 1. The van der Waals surface area contributed by atoms with Gasteiger partial charge in [0.2, 0.25) is 16.3 Å². The molecule has 1 amide bonds. The summed E-state index contributed by atoms with van der Waals surface area (Å²) in [6.45, 7) is -0.264. The van der Waals surface area contributed by atoms with Crippen LogP contribution in [0.5, 0.6) is 5.75 Å². The summed E-state index contributed by atoms with van der Waals surface area (Å²) in [6, 6.07) is 6.09. The van der Waals surface area contributed by atoms with Gasteiger partial charge in [-0.3, -0.25) is 4.79 Å². The van der Waals surface area contributed by atoms with Crippen LogP contribution in [-0.2, 0) is 24.3 Å². The maximum absolute atomic E-state index is 13.0. The first-order valence-electron chi connectivity index (χ1n) is 11.4. The SMILES string of the molecule is CNC(=O)C1=C[C@H](C2CCCC2)C[C@H](OCCN(CCO)S(=O)(=O)c2ccc(OC)cc2)O1. The number of hydrogen-bond acceptors (Lipinski definition) is 7. The number of hydrogen-bond donors (Lipinski definition) is 2. The summed E-state index contributed by atoms with van der Waals surface area (Å²) in [6.07, 6.45) is 6.52. The number of aliphatic hydroxyl groups is 1. The summed E-state index contributed by atoms with van der Waals surface area (Å²) in [5.74, 6) is 1.20. The Bertz CT molecular complexity index is 911. The minimum absolute atomic E-state index is 0.0436. The molecule has 0 spiro atoms. The van der Waals surface area contributed by atoms with Gasteiger partial charge in [0.15, 0.2) is 5.76 Å². The summed E-state index contributed by atoms with van der Waals surface area (Å²) in [5.41, 5.74) is 0. The van der Waals surface area contributed by atoms with Crippen LogP contribution in [0.4, 0.5) is 0 Å². The molecule has 0 aromatic heterocycles. The van der Waals surface area contributed by atoms with E-state index >= 15 is 0 Å². The smallest absolute Gasteiger partial charge is 0.285 e. The van der Waals surface area contributed by atoms with Crippen molar-refractivity contribution in [3.63, 3.8) is 0 Å². The van der Waals surface area contributed by atoms with E-state index < -0.39 is 16.3 Å². The number of sulfonamides is 1. The van der Waals surface area contributed by atoms with Crippen LogP contribution in [0.1, 0.15) is 32.1 Å². The molecule has 1 aliphatic heterocycles. The summed E-state index contributed by atoms with van der Waals surface area (Å²) in [4.78, 5) is 12.3. The molecule has 9 nitrogen and oxygen atoms in total. The number of ether oxygens (including phenoxy) is 3. The number of aliphatic hydroxyl groups excluding tert-OH is 1. The normalized spacial score (nSPS) is 21.5. The minimum Gasteiger partial charge on any atom is -0.497 e. The number of carbonyl (C=O) groups is 1. The molecule has 2 aliphatic rings. The Balaban J connectivity index is 1.64. The first kappa shape index (κ1) is 25.5. The lowest BCUT2D eigenvalue weighted by Crippen LogP contribution is -2.38. The zero-order valence-electron chi connectivity index (χ0n) is 19.2. The van der Waals surface area contributed by atoms with E-state index in [0.29, 0.717) is 18.1 Å². The summed E-state index contributed by atoms with van der Waals surface area (Å²) in [7, 11) is -0.760. The molecule has 1 aliphatic carbocycles. The molecule has 10 heteroatoms. The van der Waals surface area contributed by atoms with E-state index in [-0.39, 0.29) is 48.8 Å². The van der Waals surface area contributed by atoms with Gasteiger partial charge >= 0.3 is 0 Å². The maximum atomic E-state index is 13.0. The van der Waals surface area contributed by atoms with Crippen molar-refractivity contribution in [2.24, 2.45) is 11.8 Å². The van der Waals surface area contributed by atoms with Gasteiger partial charge < -0.3 is 24.6 Å². The average molecular weight is 483 g/mol. The average Bonchev–Trinajstić information content (AvgIpc) is 3.38. The van der Waals surface area contributed by atoms with Gasteiger partial charge in [-0.1, -0.05) is 12.8 Å². The lowest BCUT2D eigenvalue weighted by Gasteiger charge is -2.32. The van der Waals surface area contributed by atoms with Crippen LogP contribution in [0.2, 0.25) is 0 Å². The largest absolute Gasteiger partial charge is 0.497 e. The van der Waals surface area contributed by atoms with E-state index in [9.17, 15) is 18.3 Å². The van der Waals surface area contributed by atoms with Crippen molar-refractivity contribution in [2.75, 3.05) is 40.5 Å². The molecule has 0 saturated heterocycles. The van der Waals surface area contributed by atoms with Gasteiger partial charge in [-0.05, 0) is 55.0 Å². The molecule has 33 heavy (non-hydrogen) atoms. The quantitative estimate of drug-likeness (QED) is 0.495. The van der Waals surface area contributed by atoms with E-state index in [0.717, 1.165) is 12.8 Å². The number of rotatable bonds is 11. The van der Waals surface area contributed by atoms with Crippen LogP contribution in [0.3, 0.4) is 0 Å². The molecule has 184 valence electrons. The fourth-order valence-corrected chi connectivity index (χ4v) is 5.84. The van der Waals surface area contributed by atoms with Crippen molar-refractivity contribution >= 4 is 15.9 Å². The van der Waals surface area contributed by atoms with Gasteiger partial charge in [0.1, 0.15) is 5.75 Å². The van der Waals surface area contributed by atoms with E-state index in [1.54, 1.807) is 19.2 Å². The molecule has 1 heterocycles. The molecule has 0 unspecified atom stereocenters. The van der Waals surface area contributed by atoms with E-state index in [1.807, 2.05) is 6.08 Å². The third-order valence-corrected chi connectivity index (χ3v) is 8.15. The standard InChI is InChI=1S/C23H34N2O7S/c1-24-23(27)21-15-18(17-5-3-4-6-17)16-22(32-21)31-14-12-25(11-13-26)33(28,29)20-9-7-19(30-2)8-10-20/h7-10,15,17-18,22,26H,3-6,11-14,16H2,1-2H3,(H,24,27)/t18-,22+/m0/s1. The number of benzene rings is 1. The minimum atomic E-state index is -3.82. The number of nitrogens with one attached hydrogen (secondary N) is 1. The predicted octanol–water partition coefficient (Wildman–Crippen LogP) is 1.88. The molecule has 0 bridgehead atoms. The second kappa shape index (κ2) is 11.8. The van der Waals surface area contributed by atoms with Crippen LogP contribution in [0.25, 0.3) is 0 Å². The maximum Gasteiger partial charge on any atom is 0.285 e. The van der Waals surface area contributed by atoms with Crippen molar-refractivity contribution in [3.8, 4) is 5.75 Å². The number of allylic oxidation sites excluding steroid dienone is 1. The molecule has 2 atom stereocenters. The first-order chi connectivity index (χ1) is 15.9. The van der Waals surface area contributed by atoms with Crippen LogP contribution in [0, 0.1) is 11.8 Å². The van der Waals surface area contributed by atoms with Crippen molar-refractivity contribution in [2.45, 2.75) is 43.3 Å². The fourth-order valence-electron chi connectivity index (χ4n) is 4.43. The summed E-state index contributed by atoms with van der Waals surface area (Å²) >= 11 is 0. The molecule has 1 aromatic rings. The second-order valence-corrected chi connectivity index (χ2v) is 10.2. The Hall–Kier alpha value is -2.14. The second-order valence-electron chi connectivity index (χ2n) is 8.28. The highest BCUT2D eigenvalue weighted by Gasteiger charge is 2.33. The Morgan fingerprint density at radius 3 is 2.52 bits per heavy atom. The van der Waals surface area contributed by atoms with Gasteiger partial charge in [0.05, 0.1) is 25.2 Å². The Morgan fingerprint density at radius 2 is 1.91 bits per heavy atom. The highest BCUT2D eigenvalue weighted by Crippen LogP contribution is 2.38. The van der Waals surface area contributed by atoms with Crippen LogP contribution >= 0.6 is 0 Å². The number of methoxy groups -OCH3 is 1. The van der Waals surface area contributed by atoms with Crippen LogP contribution in [-0.4, -0.2) is 70.5 Å². The van der Waals surface area contributed by atoms with E-state index in [2.05, 4.69) is 5.32 Å². The molecule has 1 aromatic carbocycles. The Morgan fingerprint density at radius 1 is 1.21 bits per heavy atom. The molecule has 2 N–H and O–H groups in total. The molecule has 1 saturated carbocycles. The van der Waals surface area contributed by atoms with E-state index in [4.69, 9.17) is 14.2 Å². The van der Waals surface area contributed by atoms with Gasteiger partial charge in [0, 0.05) is 26.6 Å². The van der Waals surface area contributed by atoms with Gasteiger partial charge in [-0.2, -0.15) is 4.31 Å². The Labute approximate surface area is 195 Å². The third kappa shape index (κ3) is 6.47. The molecule has 0 radical (unpaired) electrons. The highest BCUT2D eigenvalue weighted by atomic mass is 32.2. The van der Waals surface area contributed by atoms with Crippen LogP contribution < -0.4 is 10.1 Å². The zero-order valence-corrected chi connectivity index (χ0v) is 20.1. The summed E-state index contributed by atoms with van der Waals surface area (Å²) in [5, 5.41) is 12.0. The summed E-state index contributed by atoms with van der Waals surface area (Å²) < 4.78 is 44.0. The third-order valence-electron chi connectivity index (χ3n) is 6.24. The topological polar surface area (TPSA) is 114 Å². The van der Waals surface area contributed by atoms with Crippen molar-refractivity contribution < 1.29 is 32.5 Å². The van der Waals surface area contributed by atoms with Gasteiger partial charge in [-0.25, -0.2) is 8.42 Å². The predicted molar refractivity (Wildman–Crippen MR) is 122 cm³/mol. The first-order valence-corrected chi connectivity index (χ1v) is 12.8. The van der Waals surface area contributed by atoms with Gasteiger partial charge in [0.25, 0.3) is 5.91 Å². The molecule has 1 fully saturated rings. The molecular formula is C23H34N2O7S. The molecule has 3 rings (SSSR count). The fraction of sp³-hybridized carbons (Fsp3) is 0.609. The number of amides is 1. The lowest BCUT2D eigenvalue weighted by atomic mass is 9.86. The highest BCUT2D eigenvalue weighted by molar-refractivity contribution is 7.89. The van der Waals surface area contributed by atoms with Crippen molar-refractivity contribution in [3.05, 3.63) is 36.1 Å². The lowest BCUT2D eigenvalue weighted by molar-refractivity contribution is -0.150. The van der Waals surface area contributed by atoms with Crippen LogP contribution in [0.15, 0.2) is 41.0 Å². The molecular weight excluding hydrogens is 448 g/mol. The Kier molecular flexibility index (Phi) is 9.13. The zero-order chi connectivity index (χ0) is 23.8.